The number of nitro groups is 1. The number of carbonyl (C=O) groups excluding carboxylic acids is 1. The van der Waals surface area contributed by atoms with Crippen LogP contribution in [0.15, 0.2) is 12.1 Å². The van der Waals surface area contributed by atoms with Gasteiger partial charge in [0.05, 0.1) is 24.7 Å². The summed E-state index contributed by atoms with van der Waals surface area (Å²) in [4.78, 5) is 25.4. The van der Waals surface area contributed by atoms with E-state index >= 15 is 0 Å². The standard InChI is InChI=1S/C17H23N3O5.ClH/c1-24-14-10-12(9-13(20(22)23)15(14)25-2)16(21)19-7-4-17(5-8-19)3-6-18-11-17;/h9-10,18H,3-8,11H2,1-2H3;1H. The third-order valence-corrected chi connectivity index (χ3v) is 5.35. The lowest BCUT2D eigenvalue weighted by atomic mass is 9.78. The lowest BCUT2D eigenvalue weighted by Crippen LogP contribution is -2.44. The average molecular weight is 386 g/mol. The van der Waals surface area contributed by atoms with Crippen LogP contribution in [0.1, 0.15) is 29.6 Å². The Morgan fingerprint density at radius 1 is 1.23 bits per heavy atom. The summed E-state index contributed by atoms with van der Waals surface area (Å²) in [6.07, 6.45) is 3.07. The summed E-state index contributed by atoms with van der Waals surface area (Å²) < 4.78 is 10.2. The van der Waals surface area contributed by atoms with Gasteiger partial charge in [0.15, 0.2) is 5.75 Å². The van der Waals surface area contributed by atoms with E-state index in [9.17, 15) is 14.9 Å². The molecule has 0 radical (unpaired) electrons. The average Bonchev–Trinajstić information content (AvgIpc) is 3.08. The molecule has 144 valence electrons. The van der Waals surface area contributed by atoms with E-state index < -0.39 is 4.92 Å². The fourth-order valence-corrected chi connectivity index (χ4v) is 3.79. The quantitative estimate of drug-likeness (QED) is 0.631. The van der Waals surface area contributed by atoms with E-state index in [-0.39, 0.29) is 41.1 Å². The van der Waals surface area contributed by atoms with E-state index in [0.29, 0.717) is 18.5 Å². The van der Waals surface area contributed by atoms with Crippen molar-refractivity contribution in [2.45, 2.75) is 19.3 Å². The number of benzene rings is 1. The predicted octanol–water partition coefficient (Wildman–Crippen LogP) is 2.25. The van der Waals surface area contributed by atoms with Crippen molar-refractivity contribution < 1.29 is 19.2 Å². The van der Waals surface area contributed by atoms with Crippen LogP contribution in [0, 0.1) is 15.5 Å². The minimum absolute atomic E-state index is 0. The van der Waals surface area contributed by atoms with Gasteiger partial charge in [-0.3, -0.25) is 14.9 Å². The van der Waals surface area contributed by atoms with E-state index in [2.05, 4.69) is 5.32 Å². The minimum Gasteiger partial charge on any atom is -0.493 e. The first kappa shape index (κ1) is 20.3. The number of rotatable bonds is 4. The molecule has 8 nitrogen and oxygen atoms in total. The molecule has 0 atom stereocenters. The molecule has 0 saturated carbocycles. The molecule has 0 unspecified atom stereocenters. The largest absolute Gasteiger partial charge is 0.493 e. The zero-order chi connectivity index (χ0) is 18.0. The SMILES string of the molecule is COc1cc(C(=O)N2CCC3(CCNC3)CC2)cc([N+](=O)[O-])c1OC.Cl. The number of hydrogen-bond donors (Lipinski definition) is 1. The Balaban J connectivity index is 0.00000243. The monoisotopic (exact) mass is 385 g/mol. The van der Waals surface area contributed by atoms with Crippen molar-refractivity contribution in [2.24, 2.45) is 5.41 Å². The van der Waals surface area contributed by atoms with Crippen LogP contribution in [0.3, 0.4) is 0 Å². The lowest BCUT2D eigenvalue weighted by Gasteiger charge is -2.38. The Morgan fingerprint density at radius 3 is 2.42 bits per heavy atom. The molecule has 2 saturated heterocycles. The molecule has 1 N–H and O–H groups in total. The molecule has 9 heteroatoms. The van der Waals surface area contributed by atoms with Gasteiger partial charge < -0.3 is 19.7 Å². The maximum Gasteiger partial charge on any atom is 0.315 e. The molecule has 1 spiro atoms. The van der Waals surface area contributed by atoms with Gasteiger partial charge in [-0.15, -0.1) is 12.4 Å². The van der Waals surface area contributed by atoms with E-state index in [1.54, 1.807) is 4.90 Å². The van der Waals surface area contributed by atoms with Crippen molar-refractivity contribution in [3.63, 3.8) is 0 Å². The highest BCUT2D eigenvalue weighted by Gasteiger charge is 2.38. The van der Waals surface area contributed by atoms with Crippen LogP contribution < -0.4 is 14.8 Å². The second kappa shape index (κ2) is 8.09. The number of nitrogens with one attached hydrogen (secondary N) is 1. The molecule has 2 fully saturated rings. The normalized spacial score (nSPS) is 18.3. The fourth-order valence-electron chi connectivity index (χ4n) is 3.79. The van der Waals surface area contributed by atoms with Gasteiger partial charge in [-0.25, -0.2) is 0 Å². The number of nitrogens with zero attached hydrogens (tertiary/aromatic N) is 2. The molecule has 3 rings (SSSR count). The number of hydrogen-bond acceptors (Lipinski definition) is 6. The first-order chi connectivity index (χ1) is 12.0. The predicted molar refractivity (Wildman–Crippen MR) is 98.5 cm³/mol. The number of carbonyl (C=O) groups is 1. The van der Waals surface area contributed by atoms with Gasteiger partial charge in [0, 0.05) is 25.7 Å². The van der Waals surface area contributed by atoms with Crippen LogP contribution in [0.5, 0.6) is 11.5 Å². The molecular weight excluding hydrogens is 362 g/mol. The van der Waals surface area contributed by atoms with Crippen LogP contribution in [-0.2, 0) is 0 Å². The molecular formula is C17H24ClN3O5. The second-order valence-corrected chi connectivity index (χ2v) is 6.71. The summed E-state index contributed by atoms with van der Waals surface area (Å²) in [6, 6.07) is 2.78. The lowest BCUT2D eigenvalue weighted by molar-refractivity contribution is -0.385. The third-order valence-electron chi connectivity index (χ3n) is 5.35. The maximum atomic E-state index is 12.8. The van der Waals surface area contributed by atoms with Gasteiger partial charge in [-0.05, 0) is 37.3 Å². The zero-order valence-corrected chi connectivity index (χ0v) is 15.8. The van der Waals surface area contributed by atoms with Crippen LogP contribution >= 0.6 is 12.4 Å². The molecule has 2 aliphatic heterocycles. The number of methoxy groups -OCH3 is 2. The zero-order valence-electron chi connectivity index (χ0n) is 14.9. The summed E-state index contributed by atoms with van der Waals surface area (Å²) in [7, 11) is 2.74. The topological polar surface area (TPSA) is 93.9 Å². The van der Waals surface area contributed by atoms with E-state index in [0.717, 1.165) is 32.4 Å². The first-order valence-corrected chi connectivity index (χ1v) is 8.40. The maximum absolute atomic E-state index is 12.8. The summed E-state index contributed by atoms with van der Waals surface area (Å²) >= 11 is 0. The van der Waals surface area contributed by atoms with Crippen molar-refractivity contribution in [1.82, 2.24) is 10.2 Å². The Morgan fingerprint density at radius 2 is 1.92 bits per heavy atom. The van der Waals surface area contributed by atoms with E-state index in [1.807, 2.05) is 0 Å². The second-order valence-electron chi connectivity index (χ2n) is 6.71. The Labute approximate surface area is 158 Å². The summed E-state index contributed by atoms with van der Waals surface area (Å²) in [5, 5.41) is 14.7. The van der Waals surface area contributed by atoms with Crippen LogP contribution in [0.4, 0.5) is 5.69 Å². The minimum atomic E-state index is -0.562. The molecule has 0 aliphatic carbocycles. The summed E-state index contributed by atoms with van der Waals surface area (Å²) in [5.74, 6) is 0.0112. The van der Waals surface area contributed by atoms with Gasteiger partial charge in [-0.1, -0.05) is 0 Å². The molecule has 1 aromatic rings. The molecule has 0 bridgehead atoms. The summed E-state index contributed by atoms with van der Waals surface area (Å²) in [5.41, 5.74) is 0.295. The van der Waals surface area contributed by atoms with Gasteiger partial charge >= 0.3 is 5.69 Å². The number of likely N-dealkylation sites (tertiary alicyclic amines) is 1. The first-order valence-electron chi connectivity index (χ1n) is 8.40. The third kappa shape index (κ3) is 3.71. The highest BCUT2D eigenvalue weighted by molar-refractivity contribution is 5.96. The number of amides is 1. The highest BCUT2D eigenvalue weighted by atomic mass is 35.5. The Hall–Kier alpha value is -2.06. The smallest absolute Gasteiger partial charge is 0.315 e. The number of piperidine rings is 1. The molecule has 1 amide bonds. The van der Waals surface area contributed by atoms with Gasteiger partial charge in [-0.2, -0.15) is 0 Å². The van der Waals surface area contributed by atoms with Gasteiger partial charge in [0.2, 0.25) is 5.75 Å². The van der Waals surface area contributed by atoms with Crippen molar-refractivity contribution in [2.75, 3.05) is 40.4 Å². The fraction of sp³-hybridized carbons (Fsp3) is 0.588. The number of ether oxygens (including phenoxy) is 2. The molecule has 1 aromatic carbocycles. The van der Waals surface area contributed by atoms with E-state index in [4.69, 9.17) is 9.47 Å². The van der Waals surface area contributed by atoms with Crippen LogP contribution in [0.2, 0.25) is 0 Å². The van der Waals surface area contributed by atoms with Crippen molar-refractivity contribution in [3.05, 3.63) is 27.8 Å². The highest BCUT2D eigenvalue weighted by Crippen LogP contribution is 2.40. The summed E-state index contributed by atoms with van der Waals surface area (Å²) in [6.45, 7) is 3.39. The van der Waals surface area contributed by atoms with E-state index in [1.165, 1.54) is 26.4 Å². The Kier molecular flexibility index (Phi) is 6.30. The van der Waals surface area contributed by atoms with Crippen molar-refractivity contribution in [1.29, 1.82) is 0 Å². The number of nitro benzene ring substituents is 1. The molecule has 0 aromatic heterocycles. The van der Waals surface area contributed by atoms with Gasteiger partial charge in [0.1, 0.15) is 0 Å². The van der Waals surface area contributed by atoms with Crippen molar-refractivity contribution in [3.8, 4) is 11.5 Å². The Bertz CT molecular complexity index is 681. The van der Waals surface area contributed by atoms with Crippen LogP contribution in [0.25, 0.3) is 0 Å². The van der Waals surface area contributed by atoms with Crippen molar-refractivity contribution >= 4 is 24.0 Å². The molecule has 2 aliphatic rings. The molecule has 2 heterocycles. The van der Waals surface area contributed by atoms with Crippen LogP contribution in [-0.4, -0.2) is 56.1 Å². The van der Waals surface area contributed by atoms with Gasteiger partial charge in [0.25, 0.3) is 5.91 Å². The number of halogens is 1. The molecule has 26 heavy (non-hydrogen) atoms.